The van der Waals surface area contributed by atoms with Gasteiger partial charge in [0.15, 0.2) is 0 Å². The highest BCUT2D eigenvalue weighted by Crippen LogP contribution is 2.19. The van der Waals surface area contributed by atoms with Crippen molar-refractivity contribution in [1.29, 1.82) is 0 Å². The molecule has 0 fully saturated rings. The molecule has 3 aromatic carbocycles. The van der Waals surface area contributed by atoms with E-state index in [-0.39, 0.29) is 17.2 Å². The summed E-state index contributed by atoms with van der Waals surface area (Å²) in [5.74, 6) is -0.195. The number of nitrogens with one attached hydrogen (secondary N) is 1. The molecule has 0 aliphatic rings. The molecule has 6 heteroatoms. The van der Waals surface area contributed by atoms with E-state index in [1.54, 1.807) is 12.1 Å². The predicted octanol–water partition coefficient (Wildman–Crippen LogP) is 3.27. The number of nitrogens with zero attached hydrogens (tertiary/aromatic N) is 1. The fourth-order valence-electron chi connectivity index (χ4n) is 2.68. The molecule has 0 aliphatic heterocycles. The summed E-state index contributed by atoms with van der Waals surface area (Å²) < 4.78 is 25.5. The lowest BCUT2D eigenvalue weighted by Crippen LogP contribution is -2.22. The summed E-state index contributed by atoms with van der Waals surface area (Å²) in [6, 6.07) is 20.1. The van der Waals surface area contributed by atoms with Gasteiger partial charge < -0.3 is 5.32 Å². The maximum Gasteiger partial charge on any atom is 0.242 e. The minimum absolute atomic E-state index is 0.144. The third kappa shape index (κ3) is 3.92. The van der Waals surface area contributed by atoms with Crippen molar-refractivity contribution >= 4 is 32.4 Å². The van der Waals surface area contributed by atoms with Crippen LogP contribution >= 0.6 is 0 Å². The van der Waals surface area contributed by atoms with Gasteiger partial charge in [0, 0.05) is 19.8 Å². The summed E-state index contributed by atoms with van der Waals surface area (Å²) in [4.78, 5) is 12.5. The summed E-state index contributed by atoms with van der Waals surface area (Å²) in [5, 5.41) is 4.97. The van der Waals surface area contributed by atoms with Crippen molar-refractivity contribution in [1.82, 2.24) is 4.31 Å². The number of hydrogen-bond donors (Lipinski definition) is 1. The SMILES string of the molecule is CN(C)S(=O)(=O)c1cccc(NC(=O)Cc2ccc3ccccc3c2)c1. The van der Waals surface area contributed by atoms with Crippen LogP contribution in [0.5, 0.6) is 0 Å². The van der Waals surface area contributed by atoms with Crippen LogP contribution in [-0.2, 0) is 21.2 Å². The average Bonchev–Trinajstić information content (AvgIpc) is 2.61. The second-order valence-corrected chi connectivity index (χ2v) is 8.37. The zero-order valence-electron chi connectivity index (χ0n) is 14.6. The molecular weight excluding hydrogens is 348 g/mol. The molecule has 3 aromatic rings. The molecule has 26 heavy (non-hydrogen) atoms. The fraction of sp³-hybridized carbons (Fsp3) is 0.150. The molecule has 1 amide bonds. The minimum atomic E-state index is -3.54. The third-order valence-corrected chi connectivity index (χ3v) is 5.89. The van der Waals surface area contributed by atoms with Crippen LogP contribution in [0.3, 0.4) is 0 Å². The maximum atomic E-state index is 12.3. The molecule has 0 aromatic heterocycles. The van der Waals surface area contributed by atoms with Crippen molar-refractivity contribution in [2.24, 2.45) is 0 Å². The Hall–Kier alpha value is -2.70. The fourth-order valence-corrected chi connectivity index (χ4v) is 3.63. The van der Waals surface area contributed by atoms with Gasteiger partial charge in [-0.3, -0.25) is 4.79 Å². The molecule has 134 valence electrons. The van der Waals surface area contributed by atoms with Crippen molar-refractivity contribution in [3.05, 3.63) is 72.3 Å². The number of benzene rings is 3. The van der Waals surface area contributed by atoms with Crippen LogP contribution in [0.2, 0.25) is 0 Å². The second kappa shape index (κ2) is 7.27. The van der Waals surface area contributed by atoms with E-state index in [0.717, 1.165) is 20.6 Å². The highest BCUT2D eigenvalue weighted by atomic mass is 32.2. The lowest BCUT2D eigenvalue weighted by atomic mass is 10.0. The molecule has 0 bridgehead atoms. The second-order valence-electron chi connectivity index (χ2n) is 6.22. The first-order valence-corrected chi connectivity index (χ1v) is 9.60. The highest BCUT2D eigenvalue weighted by Gasteiger charge is 2.17. The number of amides is 1. The van der Waals surface area contributed by atoms with E-state index in [1.807, 2.05) is 42.5 Å². The van der Waals surface area contributed by atoms with Gasteiger partial charge in [-0.05, 0) is 34.5 Å². The van der Waals surface area contributed by atoms with Gasteiger partial charge in [0.05, 0.1) is 11.3 Å². The molecule has 3 rings (SSSR count). The van der Waals surface area contributed by atoms with E-state index in [1.165, 1.54) is 26.2 Å². The summed E-state index contributed by atoms with van der Waals surface area (Å²) >= 11 is 0. The molecular formula is C20H20N2O3S. The molecule has 0 aliphatic carbocycles. The summed E-state index contributed by atoms with van der Waals surface area (Å²) in [6.07, 6.45) is 0.218. The van der Waals surface area contributed by atoms with Crippen LogP contribution in [0.25, 0.3) is 10.8 Å². The molecule has 0 saturated carbocycles. The smallest absolute Gasteiger partial charge is 0.242 e. The molecule has 0 heterocycles. The zero-order chi connectivity index (χ0) is 18.7. The minimum Gasteiger partial charge on any atom is -0.326 e. The Morgan fingerprint density at radius 1 is 0.923 bits per heavy atom. The highest BCUT2D eigenvalue weighted by molar-refractivity contribution is 7.89. The number of rotatable bonds is 5. The van der Waals surface area contributed by atoms with Gasteiger partial charge in [-0.1, -0.05) is 48.5 Å². The number of carbonyl (C=O) groups is 1. The standard InChI is InChI=1S/C20H20N2O3S/c1-22(2)26(24,25)19-9-5-8-18(14-19)21-20(23)13-15-10-11-16-6-3-4-7-17(16)12-15/h3-12,14H,13H2,1-2H3,(H,21,23). The Balaban J connectivity index is 1.75. The Morgan fingerprint density at radius 3 is 2.38 bits per heavy atom. The van der Waals surface area contributed by atoms with E-state index in [4.69, 9.17) is 0 Å². The monoisotopic (exact) mass is 368 g/mol. The van der Waals surface area contributed by atoms with Crippen LogP contribution in [-0.4, -0.2) is 32.7 Å². The van der Waals surface area contributed by atoms with Gasteiger partial charge in [-0.2, -0.15) is 0 Å². The van der Waals surface area contributed by atoms with Gasteiger partial charge >= 0.3 is 0 Å². The molecule has 0 radical (unpaired) electrons. The zero-order valence-corrected chi connectivity index (χ0v) is 15.5. The topological polar surface area (TPSA) is 66.5 Å². The van der Waals surface area contributed by atoms with Gasteiger partial charge in [0.25, 0.3) is 0 Å². The molecule has 0 saturated heterocycles. The van der Waals surface area contributed by atoms with Crippen LogP contribution in [0.15, 0.2) is 71.6 Å². The van der Waals surface area contributed by atoms with Crippen LogP contribution < -0.4 is 5.32 Å². The van der Waals surface area contributed by atoms with E-state index in [0.29, 0.717) is 5.69 Å². The molecule has 1 N–H and O–H groups in total. The van der Waals surface area contributed by atoms with Crippen molar-refractivity contribution in [3.8, 4) is 0 Å². The van der Waals surface area contributed by atoms with E-state index in [2.05, 4.69) is 5.32 Å². The molecule has 0 unspecified atom stereocenters. The molecule has 0 atom stereocenters. The third-order valence-electron chi connectivity index (χ3n) is 4.07. The number of anilines is 1. The Kier molecular flexibility index (Phi) is 5.06. The summed E-state index contributed by atoms with van der Waals surface area (Å²) in [6.45, 7) is 0. The first-order valence-electron chi connectivity index (χ1n) is 8.16. The number of carbonyl (C=O) groups excluding carboxylic acids is 1. The van der Waals surface area contributed by atoms with Crippen LogP contribution in [0.1, 0.15) is 5.56 Å². The number of sulfonamides is 1. The maximum absolute atomic E-state index is 12.3. The number of fused-ring (bicyclic) bond motifs is 1. The van der Waals surface area contributed by atoms with E-state index >= 15 is 0 Å². The predicted molar refractivity (Wildman–Crippen MR) is 104 cm³/mol. The normalized spacial score (nSPS) is 11.7. The van der Waals surface area contributed by atoms with Crippen molar-refractivity contribution < 1.29 is 13.2 Å². The summed E-state index contributed by atoms with van der Waals surface area (Å²) in [7, 11) is -0.591. The van der Waals surface area contributed by atoms with Gasteiger partial charge in [-0.15, -0.1) is 0 Å². The van der Waals surface area contributed by atoms with Crippen molar-refractivity contribution in [3.63, 3.8) is 0 Å². The lowest BCUT2D eigenvalue weighted by molar-refractivity contribution is -0.115. The van der Waals surface area contributed by atoms with Gasteiger partial charge in [-0.25, -0.2) is 12.7 Å². The summed E-state index contributed by atoms with van der Waals surface area (Å²) in [5.41, 5.74) is 1.36. The Labute approximate surface area is 153 Å². The first-order chi connectivity index (χ1) is 12.4. The number of hydrogen-bond acceptors (Lipinski definition) is 3. The Bertz CT molecular complexity index is 1060. The average molecular weight is 368 g/mol. The van der Waals surface area contributed by atoms with Gasteiger partial charge in [0.1, 0.15) is 0 Å². The largest absolute Gasteiger partial charge is 0.326 e. The van der Waals surface area contributed by atoms with Crippen LogP contribution in [0, 0.1) is 0 Å². The quantitative estimate of drug-likeness (QED) is 0.752. The van der Waals surface area contributed by atoms with E-state index in [9.17, 15) is 13.2 Å². The molecule has 0 spiro atoms. The van der Waals surface area contributed by atoms with Crippen LogP contribution in [0.4, 0.5) is 5.69 Å². The lowest BCUT2D eigenvalue weighted by Gasteiger charge is -2.12. The first kappa shape index (κ1) is 18.1. The Morgan fingerprint density at radius 2 is 1.65 bits per heavy atom. The van der Waals surface area contributed by atoms with Crippen molar-refractivity contribution in [2.75, 3.05) is 19.4 Å². The molecule has 5 nitrogen and oxygen atoms in total. The van der Waals surface area contributed by atoms with E-state index < -0.39 is 10.0 Å². The van der Waals surface area contributed by atoms with Crippen molar-refractivity contribution in [2.45, 2.75) is 11.3 Å². The van der Waals surface area contributed by atoms with Gasteiger partial charge in [0.2, 0.25) is 15.9 Å².